The summed E-state index contributed by atoms with van der Waals surface area (Å²) in [6, 6.07) is -0.463. The van der Waals surface area contributed by atoms with E-state index in [1.807, 2.05) is 0 Å². The van der Waals surface area contributed by atoms with Crippen LogP contribution in [0, 0.1) is 0 Å². The van der Waals surface area contributed by atoms with Gasteiger partial charge in [0, 0.05) is 12.5 Å². The second kappa shape index (κ2) is 5.97. The van der Waals surface area contributed by atoms with Gasteiger partial charge in [-0.15, -0.1) is 0 Å². The number of hydrogen-bond acceptors (Lipinski definition) is 3. The number of carbonyl (C=O) groups excluding carboxylic acids is 1. The summed E-state index contributed by atoms with van der Waals surface area (Å²) >= 11 is 0. The van der Waals surface area contributed by atoms with Gasteiger partial charge in [0.25, 0.3) is 12.4 Å². The Morgan fingerprint density at radius 3 is 2.22 bits per heavy atom. The molecule has 1 saturated heterocycles. The van der Waals surface area contributed by atoms with Crippen LogP contribution in [-0.4, -0.2) is 46.7 Å². The summed E-state index contributed by atoms with van der Waals surface area (Å²) in [5, 5.41) is 6.89. The normalized spacial score (nSPS) is 21.9. The molecule has 0 aromatic rings. The van der Waals surface area contributed by atoms with E-state index in [1.165, 1.54) is 0 Å². The fraction of sp³-hybridized carbons (Fsp3) is 0.818. The maximum atomic E-state index is 13.0. The standard InChI is InChI=1S/C10H17F2NO2.CH2O2/c1-7-5-10(11,12)6-13(7)8(14)15-9(2,3)4;2-1-3/h7H,5-6H2,1-4H3;1H,(H,2,3). The van der Waals surface area contributed by atoms with Crippen LogP contribution in [0.1, 0.15) is 34.1 Å². The number of nitrogens with zero attached hydrogens (tertiary/aromatic N) is 1. The summed E-state index contributed by atoms with van der Waals surface area (Å²) in [6.45, 7) is 5.95. The highest BCUT2D eigenvalue weighted by Crippen LogP contribution is 2.32. The second-order valence-corrected chi connectivity index (χ2v) is 5.12. The monoisotopic (exact) mass is 267 g/mol. The van der Waals surface area contributed by atoms with E-state index < -0.39 is 30.2 Å². The molecule has 1 unspecified atom stereocenters. The van der Waals surface area contributed by atoms with Crippen LogP contribution >= 0.6 is 0 Å². The van der Waals surface area contributed by atoms with Crippen molar-refractivity contribution in [3.8, 4) is 0 Å². The molecule has 7 heteroatoms. The van der Waals surface area contributed by atoms with Crippen molar-refractivity contribution >= 4 is 12.6 Å². The van der Waals surface area contributed by atoms with Gasteiger partial charge in [-0.05, 0) is 27.7 Å². The van der Waals surface area contributed by atoms with Crippen molar-refractivity contribution in [2.24, 2.45) is 0 Å². The Morgan fingerprint density at radius 1 is 1.50 bits per heavy atom. The highest BCUT2D eigenvalue weighted by Gasteiger charge is 2.46. The Balaban J connectivity index is 0.000000873. The Labute approximate surface area is 105 Å². The quantitative estimate of drug-likeness (QED) is 0.684. The number of rotatable bonds is 0. The fourth-order valence-corrected chi connectivity index (χ4v) is 1.58. The van der Waals surface area contributed by atoms with E-state index in [9.17, 15) is 13.6 Å². The molecule has 1 aliphatic heterocycles. The molecule has 0 saturated carbocycles. The molecule has 0 aromatic heterocycles. The fourth-order valence-electron chi connectivity index (χ4n) is 1.58. The predicted molar refractivity (Wildman–Crippen MR) is 60.7 cm³/mol. The van der Waals surface area contributed by atoms with E-state index in [0.29, 0.717) is 0 Å². The molecule has 1 amide bonds. The lowest BCUT2D eigenvalue weighted by molar-refractivity contribution is -0.122. The molecular formula is C11H19F2NO4. The minimum Gasteiger partial charge on any atom is -0.483 e. The summed E-state index contributed by atoms with van der Waals surface area (Å²) in [6.07, 6.45) is -0.945. The first-order valence-corrected chi connectivity index (χ1v) is 5.47. The Bertz CT molecular complexity index is 302. The van der Waals surface area contributed by atoms with Crippen molar-refractivity contribution in [1.29, 1.82) is 0 Å². The summed E-state index contributed by atoms with van der Waals surface area (Å²) < 4.78 is 31.0. The van der Waals surface area contributed by atoms with Gasteiger partial charge < -0.3 is 9.84 Å². The van der Waals surface area contributed by atoms with Gasteiger partial charge in [0.05, 0.1) is 6.54 Å². The van der Waals surface area contributed by atoms with Crippen LogP contribution in [0.3, 0.4) is 0 Å². The summed E-state index contributed by atoms with van der Waals surface area (Å²) in [4.78, 5) is 21.0. The third-order valence-electron chi connectivity index (χ3n) is 2.16. The van der Waals surface area contributed by atoms with Gasteiger partial charge in [0.2, 0.25) is 0 Å². The van der Waals surface area contributed by atoms with Gasteiger partial charge in [-0.25, -0.2) is 13.6 Å². The topological polar surface area (TPSA) is 66.8 Å². The van der Waals surface area contributed by atoms with Crippen molar-refractivity contribution < 1.29 is 28.2 Å². The van der Waals surface area contributed by atoms with E-state index in [1.54, 1.807) is 27.7 Å². The van der Waals surface area contributed by atoms with E-state index in [2.05, 4.69) is 0 Å². The van der Waals surface area contributed by atoms with Crippen molar-refractivity contribution in [2.75, 3.05) is 6.54 Å². The van der Waals surface area contributed by atoms with Crippen LogP contribution in [0.25, 0.3) is 0 Å². The molecule has 18 heavy (non-hydrogen) atoms. The Morgan fingerprint density at radius 2 is 1.94 bits per heavy atom. The SMILES string of the molecule is CC1CC(F)(F)CN1C(=O)OC(C)(C)C.O=CO. The smallest absolute Gasteiger partial charge is 0.410 e. The largest absolute Gasteiger partial charge is 0.483 e. The van der Waals surface area contributed by atoms with Crippen molar-refractivity contribution in [1.82, 2.24) is 4.90 Å². The zero-order valence-electron chi connectivity index (χ0n) is 10.9. The summed E-state index contributed by atoms with van der Waals surface area (Å²) in [5.74, 6) is -2.78. The molecule has 5 nitrogen and oxygen atoms in total. The zero-order valence-corrected chi connectivity index (χ0v) is 10.9. The molecule has 1 aliphatic rings. The first kappa shape index (κ1) is 16.6. The zero-order chi connectivity index (χ0) is 14.6. The molecule has 1 heterocycles. The minimum atomic E-state index is -2.78. The van der Waals surface area contributed by atoms with Crippen LogP contribution in [0.2, 0.25) is 0 Å². The molecule has 1 N–H and O–H groups in total. The van der Waals surface area contributed by atoms with Crippen LogP contribution in [0.4, 0.5) is 13.6 Å². The molecule has 1 rings (SSSR count). The molecule has 106 valence electrons. The number of carboxylic acid groups (broad SMARTS) is 1. The lowest BCUT2D eigenvalue weighted by Crippen LogP contribution is -2.39. The predicted octanol–water partition coefficient (Wildman–Crippen LogP) is 2.35. The molecule has 0 radical (unpaired) electrons. The van der Waals surface area contributed by atoms with E-state index in [0.717, 1.165) is 4.90 Å². The van der Waals surface area contributed by atoms with Crippen molar-refractivity contribution in [3.05, 3.63) is 0 Å². The first-order chi connectivity index (χ1) is 8.02. The molecule has 0 aliphatic carbocycles. The van der Waals surface area contributed by atoms with Gasteiger partial charge in [0.1, 0.15) is 5.60 Å². The van der Waals surface area contributed by atoms with Crippen molar-refractivity contribution in [3.63, 3.8) is 0 Å². The van der Waals surface area contributed by atoms with Crippen molar-refractivity contribution in [2.45, 2.75) is 51.7 Å². The van der Waals surface area contributed by atoms with Crippen LogP contribution in [-0.2, 0) is 9.53 Å². The average molecular weight is 267 g/mol. The van der Waals surface area contributed by atoms with Crippen LogP contribution < -0.4 is 0 Å². The lowest BCUT2D eigenvalue weighted by Gasteiger charge is -2.26. The highest BCUT2D eigenvalue weighted by atomic mass is 19.3. The van der Waals surface area contributed by atoms with Crippen LogP contribution in [0.15, 0.2) is 0 Å². The van der Waals surface area contributed by atoms with Gasteiger partial charge in [-0.2, -0.15) is 0 Å². The van der Waals surface area contributed by atoms with Gasteiger partial charge in [0.15, 0.2) is 0 Å². The molecule has 1 fully saturated rings. The molecule has 0 bridgehead atoms. The maximum Gasteiger partial charge on any atom is 0.410 e. The number of likely N-dealkylation sites (tertiary alicyclic amines) is 1. The number of ether oxygens (including phenoxy) is 1. The molecule has 0 spiro atoms. The van der Waals surface area contributed by atoms with E-state index >= 15 is 0 Å². The van der Waals surface area contributed by atoms with Gasteiger partial charge in [-0.3, -0.25) is 9.69 Å². The minimum absolute atomic E-state index is 0.250. The summed E-state index contributed by atoms with van der Waals surface area (Å²) in [7, 11) is 0. The van der Waals surface area contributed by atoms with Gasteiger partial charge in [-0.1, -0.05) is 0 Å². The first-order valence-electron chi connectivity index (χ1n) is 5.47. The third kappa shape index (κ3) is 5.79. The van der Waals surface area contributed by atoms with Crippen LogP contribution in [0.5, 0.6) is 0 Å². The number of amides is 1. The number of carbonyl (C=O) groups is 2. The lowest BCUT2D eigenvalue weighted by atomic mass is 10.2. The van der Waals surface area contributed by atoms with E-state index in [4.69, 9.17) is 14.6 Å². The maximum absolute atomic E-state index is 13.0. The molecule has 0 aromatic carbocycles. The highest BCUT2D eigenvalue weighted by molar-refractivity contribution is 5.69. The second-order valence-electron chi connectivity index (χ2n) is 5.12. The Hall–Kier alpha value is -1.40. The number of alkyl halides is 2. The van der Waals surface area contributed by atoms with Gasteiger partial charge >= 0.3 is 6.09 Å². The number of halogens is 2. The summed E-state index contributed by atoms with van der Waals surface area (Å²) in [5.41, 5.74) is -0.644. The number of hydrogen-bond donors (Lipinski definition) is 1. The third-order valence-corrected chi connectivity index (χ3v) is 2.16. The Kier molecular flexibility index (Phi) is 5.51. The molecular weight excluding hydrogens is 248 g/mol. The average Bonchev–Trinajstić information content (AvgIpc) is 2.38. The molecule has 1 atom stereocenters. The van der Waals surface area contributed by atoms with E-state index in [-0.39, 0.29) is 12.9 Å².